The Hall–Kier alpha value is -1.35. The average molecular weight is 458 g/mol. The summed E-state index contributed by atoms with van der Waals surface area (Å²) >= 11 is 12.2. The van der Waals surface area contributed by atoms with Crippen molar-refractivity contribution in [2.24, 2.45) is 0 Å². The molecule has 0 aliphatic heterocycles. The van der Waals surface area contributed by atoms with Crippen molar-refractivity contribution in [3.05, 3.63) is 50.1 Å². The summed E-state index contributed by atoms with van der Waals surface area (Å²) in [6.45, 7) is 0.549. The first-order valence-corrected chi connectivity index (χ1v) is 10.3. The number of thioether (sulfide) groups is 1. The Kier molecular flexibility index (Phi) is 6.16. The van der Waals surface area contributed by atoms with Crippen molar-refractivity contribution in [1.29, 1.82) is 0 Å². The van der Waals surface area contributed by atoms with E-state index in [1.807, 2.05) is 36.4 Å². The second-order valence-corrected chi connectivity index (χ2v) is 8.79. The lowest BCUT2D eigenvalue weighted by Crippen LogP contribution is -2.27. The predicted octanol–water partition coefficient (Wildman–Crippen LogP) is 4.70. The summed E-state index contributed by atoms with van der Waals surface area (Å²) in [7, 11) is 1.78. The zero-order valence-corrected chi connectivity index (χ0v) is 17.2. The van der Waals surface area contributed by atoms with Gasteiger partial charge < -0.3 is 4.90 Å². The Balaban J connectivity index is 1.56. The van der Waals surface area contributed by atoms with Gasteiger partial charge in [0.25, 0.3) is 0 Å². The van der Waals surface area contributed by atoms with Gasteiger partial charge in [-0.05, 0) is 18.2 Å². The molecule has 3 rings (SSSR count). The number of carbonyl (C=O) groups is 1. The van der Waals surface area contributed by atoms with Crippen molar-refractivity contribution < 1.29 is 4.79 Å². The maximum absolute atomic E-state index is 12.3. The number of hydrogen-bond acceptors (Lipinski definition) is 5. The lowest BCUT2D eigenvalue weighted by atomic mass is 10.2. The number of aromatic nitrogens is 3. The Morgan fingerprint density at radius 3 is 2.88 bits per heavy atom. The van der Waals surface area contributed by atoms with Gasteiger partial charge in [0.2, 0.25) is 11.1 Å². The minimum Gasteiger partial charge on any atom is -0.340 e. The number of thiophene rings is 1. The smallest absolute Gasteiger partial charge is 0.233 e. The number of aromatic amines is 1. The van der Waals surface area contributed by atoms with E-state index in [0.717, 1.165) is 19.2 Å². The molecule has 0 spiro atoms. The Morgan fingerprint density at radius 2 is 2.16 bits per heavy atom. The van der Waals surface area contributed by atoms with Crippen LogP contribution in [0.4, 0.5) is 0 Å². The Labute approximate surface area is 166 Å². The molecule has 0 saturated heterocycles. The Bertz CT molecular complexity index is 882. The number of nitrogens with zero attached hydrogens (tertiary/aromatic N) is 3. The Morgan fingerprint density at radius 1 is 1.36 bits per heavy atom. The summed E-state index contributed by atoms with van der Waals surface area (Å²) in [6, 6.07) is 11.5. The lowest BCUT2D eigenvalue weighted by molar-refractivity contribution is -0.127. The van der Waals surface area contributed by atoms with Crippen molar-refractivity contribution in [3.63, 3.8) is 0 Å². The SMILES string of the molecule is CN(Cc1ccc(Cl)s1)C(=O)CSc1n[nH]c(-c2ccccc2Br)n1. The van der Waals surface area contributed by atoms with Gasteiger partial charge in [0.05, 0.1) is 16.6 Å². The van der Waals surface area contributed by atoms with Crippen LogP contribution < -0.4 is 0 Å². The van der Waals surface area contributed by atoms with Crippen LogP contribution in [-0.4, -0.2) is 38.8 Å². The van der Waals surface area contributed by atoms with Crippen LogP contribution in [0.1, 0.15) is 4.88 Å². The van der Waals surface area contributed by atoms with E-state index in [4.69, 9.17) is 11.6 Å². The normalized spacial score (nSPS) is 10.8. The van der Waals surface area contributed by atoms with Crippen LogP contribution in [0.25, 0.3) is 11.4 Å². The molecule has 130 valence electrons. The molecule has 9 heteroatoms. The maximum atomic E-state index is 12.3. The fourth-order valence-corrected chi connectivity index (χ4v) is 4.43. The monoisotopic (exact) mass is 456 g/mol. The second kappa shape index (κ2) is 8.35. The van der Waals surface area contributed by atoms with Gasteiger partial charge in [-0.25, -0.2) is 4.98 Å². The highest BCUT2D eigenvalue weighted by Gasteiger charge is 2.14. The summed E-state index contributed by atoms with van der Waals surface area (Å²) in [5, 5.41) is 7.63. The molecule has 0 unspecified atom stereocenters. The number of benzene rings is 1. The molecule has 0 aliphatic carbocycles. The summed E-state index contributed by atoms with van der Waals surface area (Å²) in [5.41, 5.74) is 0.930. The van der Waals surface area contributed by atoms with E-state index >= 15 is 0 Å². The zero-order chi connectivity index (χ0) is 17.8. The van der Waals surface area contributed by atoms with Gasteiger partial charge in [-0.3, -0.25) is 9.89 Å². The molecule has 0 atom stereocenters. The van der Waals surface area contributed by atoms with Crippen LogP contribution in [0.3, 0.4) is 0 Å². The van der Waals surface area contributed by atoms with Gasteiger partial charge >= 0.3 is 0 Å². The standard InChI is InChI=1S/C16H14BrClN4OS2/c1-22(8-10-6-7-13(18)25-10)14(23)9-24-16-19-15(20-21-16)11-4-2-3-5-12(11)17/h2-7H,8-9H2,1H3,(H,19,20,21). The fraction of sp³-hybridized carbons (Fsp3) is 0.188. The maximum Gasteiger partial charge on any atom is 0.233 e. The van der Waals surface area contributed by atoms with Gasteiger partial charge in [-0.15, -0.1) is 16.4 Å². The van der Waals surface area contributed by atoms with E-state index in [1.165, 1.54) is 23.1 Å². The fourth-order valence-electron chi connectivity index (χ4n) is 2.08. The van der Waals surface area contributed by atoms with E-state index in [0.29, 0.717) is 17.5 Å². The third kappa shape index (κ3) is 4.84. The first-order valence-electron chi connectivity index (χ1n) is 7.31. The summed E-state index contributed by atoms with van der Waals surface area (Å²) < 4.78 is 1.67. The van der Waals surface area contributed by atoms with Gasteiger partial charge in [-0.2, -0.15) is 0 Å². The molecule has 5 nitrogen and oxygen atoms in total. The number of halogens is 2. The number of amides is 1. The molecular formula is C16H14BrClN4OS2. The average Bonchev–Trinajstić information content (AvgIpc) is 3.22. The van der Waals surface area contributed by atoms with E-state index < -0.39 is 0 Å². The highest BCUT2D eigenvalue weighted by molar-refractivity contribution is 9.10. The highest BCUT2D eigenvalue weighted by Crippen LogP contribution is 2.27. The van der Waals surface area contributed by atoms with Gasteiger partial charge in [-0.1, -0.05) is 57.5 Å². The molecule has 0 saturated carbocycles. The zero-order valence-electron chi connectivity index (χ0n) is 13.2. The van der Waals surface area contributed by atoms with Gasteiger partial charge in [0.15, 0.2) is 5.82 Å². The molecule has 25 heavy (non-hydrogen) atoms. The van der Waals surface area contributed by atoms with Crippen LogP contribution in [-0.2, 0) is 11.3 Å². The first kappa shape index (κ1) is 18.4. The van der Waals surface area contributed by atoms with Crippen LogP contribution in [0, 0.1) is 0 Å². The number of H-pyrrole nitrogens is 1. The summed E-state index contributed by atoms with van der Waals surface area (Å²) in [5.74, 6) is 0.967. The van der Waals surface area contributed by atoms with E-state index in [1.54, 1.807) is 11.9 Å². The number of hydrogen-bond donors (Lipinski definition) is 1. The molecule has 2 aromatic heterocycles. The number of carbonyl (C=O) groups excluding carboxylic acids is 1. The van der Waals surface area contributed by atoms with Crippen molar-refractivity contribution in [3.8, 4) is 11.4 Å². The molecule has 1 aromatic carbocycles. The largest absolute Gasteiger partial charge is 0.340 e. The van der Waals surface area contributed by atoms with Crippen molar-refractivity contribution in [2.75, 3.05) is 12.8 Å². The van der Waals surface area contributed by atoms with Crippen molar-refractivity contribution in [1.82, 2.24) is 20.1 Å². The van der Waals surface area contributed by atoms with Crippen molar-refractivity contribution >= 4 is 56.5 Å². The quantitative estimate of drug-likeness (QED) is 0.545. The number of rotatable bonds is 6. The number of nitrogens with one attached hydrogen (secondary N) is 1. The van der Waals surface area contributed by atoms with Gasteiger partial charge in [0.1, 0.15) is 0 Å². The topological polar surface area (TPSA) is 61.9 Å². The van der Waals surface area contributed by atoms with Crippen LogP contribution in [0.15, 0.2) is 46.0 Å². The van der Waals surface area contributed by atoms with Crippen LogP contribution in [0.5, 0.6) is 0 Å². The summed E-state index contributed by atoms with van der Waals surface area (Å²) in [4.78, 5) is 19.4. The van der Waals surface area contributed by atoms with E-state index in [-0.39, 0.29) is 11.7 Å². The molecular weight excluding hydrogens is 444 g/mol. The molecule has 3 aromatic rings. The molecule has 2 heterocycles. The minimum absolute atomic E-state index is 0.0155. The molecule has 0 aliphatic rings. The molecule has 1 N–H and O–H groups in total. The third-order valence-electron chi connectivity index (χ3n) is 3.37. The molecule has 0 fully saturated rings. The first-order chi connectivity index (χ1) is 12.0. The van der Waals surface area contributed by atoms with Crippen molar-refractivity contribution in [2.45, 2.75) is 11.7 Å². The molecule has 1 amide bonds. The molecule has 0 bridgehead atoms. The van der Waals surface area contributed by atoms with Gasteiger partial charge in [0, 0.05) is 22.0 Å². The highest BCUT2D eigenvalue weighted by atomic mass is 79.9. The lowest BCUT2D eigenvalue weighted by Gasteiger charge is -2.15. The summed E-state index contributed by atoms with van der Waals surface area (Å²) in [6.07, 6.45) is 0. The third-order valence-corrected chi connectivity index (χ3v) is 6.11. The van der Waals surface area contributed by atoms with Crippen LogP contribution in [0.2, 0.25) is 4.34 Å². The molecule has 0 radical (unpaired) electrons. The second-order valence-electron chi connectivity index (χ2n) is 5.19. The van der Waals surface area contributed by atoms with Crippen LogP contribution >= 0.6 is 50.6 Å². The minimum atomic E-state index is 0.0155. The van der Waals surface area contributed by atoms with E-state index in [9.17, 15) is 4.79 Å². The van der Waals surface area contributed by atoms with E-state index in [2.05, 4.69) is 31.1 Å². The predicted molar refractivity (Wildman–Crippen MR) is 106 cm³/mol.